The third-order valence-corrected chi connectivity index (χ3v) is 7.65. The third-order valence-electron chi connectivity index (χ3n) is 7.36. The van der Waals surface area contributed by atoms with Gasteiger partial charge >= 0.3 is 0 Å². The molecule has 3 fully saturated rings. The van der Waals surface area contributed by atoms with E-state index >= 15 is 0 Å². The highest BCUT2D eigenvalue weighted by Crippen LogP contribution is 2.38. The molecule has 0 aliphatic carbocycles. The van der Waals surface area contributed by atoms with Crippen molar-refractivity contribution in [3.8, 4) is 5.75 Å². The van der Waals surface area contributed by atoms with Crippen molar-refractivity contribution in [3.05, 3.63) is 35.2 Å². The molecule has 3 aliphatic rings. The van der Waals surface area contributed by atoms with Crippen LogP contribution in [0.4, 0.5) is 26.2 Å². The monoisotopic (exact) mass is 506 g/mol. The van der Waals surface area contributed by atoms with Crippen LogP contribution >= 0.6 is 11.6 Å². The summed E-state index contributed by atoms with van der Waals surface area (Å²) in [6, 6.07) is 5.79. The minimum atomic E-state index is -1.08. The summed E-state index contributed by atoms with van der Waals surface area (Å²) in [5.41, 5.74) is 0.695. The standard InChI is InChI=1S/C25H33ClF2N6O/c1-25(2)12-16(10-17-4-3-9-34(17)25)31-23-20(28)14-30-24(33-23)32-15-5-6-21(18(26)11-15)35-22-7-8-29-13-19(22)27/h5-6,11,14,16-17,19,22,29H,3-4,7-10,12-13H2,1-2H3,(H2,30,31,32,33)/t16-,17+,19+,22+/m1/s1. The molecule has 35 heavy (non-hydrogen) atoms. The second kappa shape index (κ2) is 10.0. The summed E-state index contributed by atoms with van der Waals surface area (Å²) in [5, 5.41) is 9.77. The van der Waals surface area contributed by atoms with E-state index in [2.05, 4.69) is 44.7 Å². The number of nitrogens with zero attached hydrogens (tertiary/aromatic N) is 3. The molecule has 190 valence electrons. The van der Waals surface area contributed by atoms with Gasteiger partial charge in [0.1, 0.15) is 18.0 Å². The van der Waals surface area contributed by atoms with Crippen LogP contribution < -0.4 is 20.7 Å². The van der Waals surface area contributed by atoms with Crippen molar-refractivity contribution in [1.82, 2.24) is 20.2 Å². The molecule has 0 unspecified atom stereocenters. The normalized spacial score (nSPS) is 28.4. The molecule has 3 N–H and O–H groups in total. The van der Waals surface area contributed by atoms with Crippen LogP contribution in [-0.4, -0.2) is 64.4 Å². The van der Waals surface area contributed by atoms with Crippen LogP contribution in [0.15, 0.2) is 24.4 Å². The van der Waals surface area contributed by atoms with Crippen LogP contribution in [0.25, 0.3) is 0 Å². The first-order chi connectivity index (χ1) is 16.8. The zero-order valence-electron chi connectivity index (χ0n) is 20.2. The molecule has 7 nitrogen and oxygen atoms in total. The number of piperidine rings is 2. The minimum Gasteiger partial charge on any atom is -0.486 e. The highest BCUT2D eigenvalue weighted by molar-refractivity contribution is 6.32. The first-order valence-electron chi connectivity index (χ1n) is 12.4. The number of aromatic nitrogens is 2. The first-order valence-corrected chi connectivity index (χ1v) is 12.8. The summed E-state index contributed by atoms with van der Waals surface area (Å²) >= 11 is 6.40. The van der Waals surface area contributed by atoms with Crippen molar-refractivity contribution in [2.24, 2.45) is 0 Å². The Morgan fingerprint density at radius 1 is 1.29 bits per heavy atom. The number of rotatable bonds is 6. The van der Waals surface area contributed by atoms with Gasteiger partial charge in [-0.15, -0.1) is 0 Å². The average molecular weight is 507 g/mol. The molecule has 5 rings (SSSR count). The van der Waals surface area contributed by atoms with Gasteiger partial charge in [0.05, 0.1) is 11.2 Å². The molecule has 0 radical (unpaired) electrons. The number of halogens is 3. The van der Waals surface area contributed by atoms with Gasteiger partial charge in [0.2, 0.25) is 5.95 Å². The van der Waals surface area contributed by atoms with Crippen LogP contribution in [0.1, 0.15) is 46.0 Å². The number of benzene rings is 1. The molecule has 0 saturated carbocycles. The Hall–Kier alpha value is -2.23. The van der Waals surface area contributed by atoms with Crippen molar-refractivity contribution in [2.75, 3.05) is 30.3 Å². The number of nitrogens with one attached hydrogen (secondary N) is 3. The molecule has 3 saturated heterocycles. The summed E-state index contributed by atoms with van der Waals surface area (Å²) in [6.45, 7) is 6.64. The second-order valence-corrected chi connectivity index (χ2v) is 10.8. The third kappa shape index (κ3) is 5.47. The molecule has 0 bridgehead atoms. The van der Waals surface area contributed by atoms with Crippen molar-refractivity contribution in [2.45, 2.75) is 75.8 Å². The zero-order chi connectivity index (χ0) is 24.6. The quantitative estimate of drug-likeness (QED) is 0.514. The number of fused-ring (bicyclic) bond motifs is 1. The molecule has 3 aliphatic heterocycles. The van der Waals surface area contributed by atoms with E-state index in [-0.39, 0.29) is 29.9 Å². The first kappa shape index (κ1) is 24.5. The topological polar surface area (TPSA) is 74.3 Å². The fourth-order valence-corrected chi connectivity index (χ4v) is 5.96. The van der Waals surface area contributed by atoms with E-state index in [0.717, 1.165) is 19.4 Å². The Morgan fingerprint density at radius 3 is 2.94 bits per heavy atom. The van der Waals surface area contributed by atoms with E-state index in [9.17, 15) is 8.78 Å². The number of anilines is 3. The lowest BCUT2D eigenvalue weighted by atomic mass is 9.84. The van der Waals surface area contributed by atoms with Crippen LogP contribution in [0, 0.1) is 5.82 Å². The Morgan fingerprint density at radius 2 is 2.14 bits per heavy atom. The molecule has 0 spiro atoms. The van der Waals surface area contributed by atoms with Gasteiger partial charge in [-0.25, -0.2) is 13.8 Å². The molecule has 1 aromatic carbocycles. The maximum Gasteiger partial charge on any atom is 0.229 e. The van der Waals surface area contributed by atoms with Crippen LogP contribution in [0.5, 0.6) is 5.75 Å². The largest absolute Gasteiger partial charge is 0.486 e. The molecule has 2 aromatic rings. The second-order valence-electron chi connectivity index (χ2n) is 10.4. The highest BCUT2D eigenvalue weighted by atomic mass is 35.5. The van der Waals surface area contributed by atoms with Crippen molar-refractivity contribution < 1.29 is 13.5 Å². The fraction of sp³-hybridized carbons (Fsp3) is 0.600. The number of alkyl halides is 1. The van der Waals surface area contributed by atoms with Crippen LogP contribution in [-0.2, 0) is 0 Å². The maximum absolute atomic E-state index is 14.6. The van der Waals surface area contributed by atoms with Crippen molar-refractivity contribution >= 4 is 29.1 Å². The molecule has 10 heteroatoms. The molecular weight excluding hydrogens is 474 g/mol. The SMILES string of the molecule is CC1(C)C[C@H](Nc2nc(Nc3ccc(O[C@H]4CCNC[C@@H]4F)c(Cl)c3)ncc2F)C[C@@H]2CCCN21. The van der Waals surface area contributed by atoms with Crippen LogP contribution in [0.3, 0.4) is 0 Å². The van der Waals surface area contributed by atoms with Gasteiger partial charge in [-0.2, -0.15) is 4.98 Å². The molecule has 1 aromatic heterocycles. The maximum atomic E-state index is 14.6. The van der Waals surface area contributed by atoms with Gasteiger partial charge < -0.3 is 20.7 Å². The fourth-order valence-electron chi connectivity index (χ4n) is 5.74. The van der Waals surface area contributed by atoms with Crippen molar-refractivity contribution in [3.63, 3.8) is 0 Å². The average Bonchev–Trinajstić information content (AvgIpc) is 3.29. The van der Waals surface area contributed by atoms with Gasteiger partial charge in [0, 0.05) is 29.9 Å². The summed E-state index contributed by atoms with van der Waals surface area (Å²) in [5.74, 6) is 0.404. The van der Waals surface area contributed by atoms with Gasteiger partial charge in [-0.05, 0) is 77.2 Å². The Labute approximate surface area is 210 Å². The molecule has 0 amide bonds. The smallest absolute Gasteiger partial charge is 0.229 e. The zero-order valence-corrected chi connectivity index (χ0v) is 20.9. The van der Waals surface area contributed by atoms with E-state index in [0.29, 0.717) is 35.5 Å². The predicted molar refractivity (Wildman–Crippen MR) is 134 cm³/mol. The Bertz CT molecular complexity index is 1060. The van der Waals surface area contributed by atoms with Gasteiger partial charge in [0.15, 0.2) is 11.6 Å². The van der Waals surface area contributed by atoms with E-state index in [1.54, 1.807) is 18.2 Å². The highest BCUT2D eigenvalue weighted by Gasteiger charge is 2.43. The van der Waals surface area contributed by atoms with Crippen molar-refractivity contribution in [1.29, 1.82) is 0 Å². The number of hydrogen-bond acceptors (Lipinski definition) is 7. The summed E-state index contributed by atoms with van der Waals surface area (Å²) < 4.78 is 34.5. The van der Waals surface area contributed by atoms with Gasteiger partial charge in [-0.3, -0.25) is 4.90 Å². The van der Waals surface area contributed by atoms with E-state index < -0.39 is 18.1 Å². The Kier molecular flexibility index (Phi) is 7.01. The predicted octanol–water partition coefficient (Wildman–Crippen LogP) is 4.91. The molecular formula is C25H33ClF2N6O. The molecule has 4 heterocycles. The Balaban J connectivity index is 1.25. The summed E-state index contributed by atoms with van der Waals surface area (Å²) in [4.78, 5) is 11.1. The van der Waals surface area contributed by atoms with E-state index in [1.165, 1.54) is 19.0 Å². The molecule has 4 atom stereocenters. The van der Waals surface area contributed by atoms with Gasteiger partial charge in [0.25, 0.3) is 0 Å². The van der Waals surface area contributed by atoms with E-state index in [1.807, 2.05) is 0 Å². The van der Waals surface area contributed by atoms with Crippen LogP contribution in [0.2, 0.25) is 5.02 Å². The number of hydrogen-bond donors (Lipinski definition) is 3. The lowest BCUT2D eigenvalue weighted by Gasteiger charge is -2.47. The lowest BCUT2D eigenvalue weighted by Crippen LogP contribution is -2.55. The van der Waals surface area contributed by atoms with E-state index in [4.69, 9.17) is 16.3 Å². The summed E-state index contributed by atoms with van der Waals surface area (Å²) in [7, 11) is 0. The summed E-state index contributed by atoms with van der Waals surface area (Å²) in [6.07, 6.45) is 4.44. The minimum absolute atomic E-state index is 0.0680. The number of ether oxygens (including phenoxy) is 1. The van der Waals surface area contributed by atoms with Gasteiger partial charge in [-0.1, -0.05) is 11.6 Å². The lowest BCUT2D eigenvalue weighted by molar-refractivity contribution is 0.0500.